The van der Waals surface area contributed by atoms with Crippen molar-refractivity contribution in [2.24, 2.45) is 14.1 Å². The van der Waals surface area contributed by atoms with Gasteiger partial charge in [0.05, 0.1) is 12.9 Å². The number of benzene rings is 1. The number of nitrogens with one attached hydrogen (secondary N) is 1. The lowest BCUT2D eigenvalue weighted by Gasteiger charge is -2.16. The fourth-order valence-corrected chi connectivity index (χ4v) is 3.61. The molecule has 33 heavy (non-hydrogen) atoms. The Balaban J connectivity index is 1.57. The van der Waals surface area contributed by atoms with Gasteiger partial charge in [0.25, 0.3) is 5.56 Å². The number of hydrogen-bond donors (Lipinski definition) is 2. The number of aliphatic hydroxyl groups is 1. The smallest absolute Gasteiger partial charge is 0.332 e. The van der Waals surface area contributed by atoms with Crippen LogP contribution >= 0.6 is 0 Å². The van der Waals surface area contributed by atoms with Crippen molar-refractivity contribution in [3.63, 3.8) is 0 Å². The summed E-state index contributed by atoms with van der Waals surface area (Å²) >= 11 is 0. The average molecular weight is 454 g/mol. The molecule has 1 atom stereocenters. The minimum atomic E-state index is -0.906. The lowest BCUT2D eigenvalue weighted by Crippen LogP contribution is -2.38. The van der Waals surface area contributed by atoms with E-state index in [4.69, 9.17) is 4.74 Å². The van der Waals surface area contributed by atoms with Gasteiger partial charge in [0, 0.05) is 39.6 Å². The Hall–Kier alpha value is -3.86. The molecular weight excluding hydrogens is 426 g/mol. The Morgan fingerprint density at radius 3 is 2.67 bits per heavy atom. The van der Waals surface area contributed by atoms with Crippen LogP contribution < -0.4 is 21.3 Å². The summed E-state index contributed by atoms with van der Waals surface area (Å²) in [6.07, 6.45) is 5.24. The second-order valence-corrected chi connectivity index (χ2v) is 7.78. The zero-order chi connectivity index (χ0) is 23.4. The molecule has 174 valence electrons. The van der Waals surface area contributed by atoms with Crippen LogP contribution in [0.25, 0.3) is 11.2 Å². The number of aliphatic hydroxyl groups excluding tert-OH is 1. The van der Waals surface area contributed by atoms with E-state index in [1.165, 1.54) is 11.6 Å². The summed E-state index contributed by atoms with van der Waals surface area (Å²) in [7, 11) is 2.99. The standard InChI is InChI=1S/C22H27N7O4/c1-26-19-18(20(31)27(2)22(26)32)29(13-16(30)14-33-17-7-4-3-5-8-17)21(25-19)24-9-6-11-28-12-10-23-15-28/h3-5,7-8,10,12,15-16,30H,6,9,11,13-14H2,1-2H3,(H,24,25)/t16-/m1/s1. The number of ether oxygens (including phenoxy) is 1. The monoisotopic (exact) mass is 453 g/mol. The number of anilines is 1. The fourth-order valence-electron chi connectivity index (χ4n) is 3.61. The highest BCUT2D eigenvalue weighted by Gasteiger charge is 2.21. The maximum atomic E-state index is 12.9. The molecule has 0 saturated carbocycles. The lowest BCUT2D eigenvalue weighted by atomic mass is 10.3. The summed E-state index contributed by atoms with van der Waals surface area (Å²) in [4.78, 5) is 33.8. The number of imidazole rings is 2. The van der Waals surface area contributed by atoms with E-state index in [1.807, 2.05) is 29.0 Å². The Bertz CT molecular complexity index is 1320. The largest absolute Gasteiger partial charge is 0.491 e. The van der Waals surface area contributed by atoms with Crippen LogP contribution in [-0.4, -0.2) is 52.6 Å². The summed E-state index contributed by atoms with van der Waals surface area (Å²) in [5, 5.41) is 13.9. The Labute approximate surface area is 189 Å². The van der Waals surface area contributed by atoms with Gasteiger partial charge in [-0.3, -0.25) is 13.9 Å². The van der Waals surface area contributed by atoms with Crippen molar-refractivity contribution in [3.8, 4) is 5.75 Å². The Kier molecular flexibility index (Phi) is 6.59. The maximum Gasteiger partial charge on any atom is 0.332 e. The van der Waals surface area contributed by atoms with Crippen molar-refractivity contribution in [3.05, 3.63) is 69.9 Å². The Morgan fingerprint density at radius 1 is 1.15 bits per heavy atom. The SMILES string of the molecule is Cn1c(=O)c2c(nc(NCCCn3ccnc3)n2C[C@@H](O)COc2ccccc2)n(C)c1=O. The predicted octanol–water partition coefficient (Wildman–Crippen LogP) is 0.572. The van der Waals surface area contributed by atoms with Crippen molar-refractivity contribution in [2.45, 2.75) is 25.6 Å². The first-order valence-corrected chi connectivity index (χ1v) is 10.7. The molecule has 0 amide bonds. The van der Waals surface area contributed by atoms with Crippen molar-refractivity contribution in [2.75, 3.05) is 18.5 Å². The van der Waals surface area contributed by atoms with E-state index in [0.29, 0.717) is 18.2 Å². The van der Waals surface area contributed by atoms with Crippen LogP contribution in [-0.2, 0) is 27.2 Å². The van der Waals surface area contributed by atoms with E-state index < -0.39 is 17.4 Å². The number of aryl methyl sites for hydroxylation is 2. The van der Waals surface area contributed by atoms with Gasteiger partial charge in [0.2, 0.25) is 5.95 Å². The van der Waals surface area contributed by atoms with Crippen LogP contribution in [0.2, 0.25) is 0 Å². The topological polar surface area (TPSA) is 121 Å². The molecule has 4 rings (SSSR count). The molecule has 11 nitrogen and oxygen atoms in total. The number of rotatable bonds is 10. The van der Waals surface area contributed by atoms with Crippen LogP contribution in [0.5, 0.6) is 5.75 Å². The minimum absolute atomic E-state index is 0.0375. The second-order valence-electron chi connectivity index (χ2n) is 7.78. The second kappa shape index (κ2) is 9.74. The molecule has 3 aromatic heterocycles. The molecule has 0 spiro atoms. The molecule has 2 N–H and O–H groups in total. The Morgan fingerprint density at radius 2 is 1.94 bits per heavy atom. The normalized spacial score (nSPS) is 12.2. The third kappa shape index (κ3) is 4.82. The van der Waals surface area contributed by atoms with Crippen molar-refractivity contribution >= 4 is 17.1 Å². The quantitative estimate of drug-likeness (QED) is 0.337. The molecule has 0 bridgehead atoms. The first-order valence-electron chi connectivity index (χ1n) is 10.7. The van der Waals surface area contributed by atoms with Gasteiger partial charge in [-0.2, -0.15) is 4.98 Å². The molecule has 0 radical (unpaired) electrons. The average Bonchev–Trinajstić information content (AvgIpc) is 3.47. The zero-order valence-corrected chi connectivity index (χ0v) is 18.6. The minimum Gasteiger partial charge on any atom is -0.491 e. The number of hydrogen-bond acceptors (Lipinski definition) is 7. The van der Waals surface area contributed by atoms with Gasteiger partial charge >= 0.3 is 5.69 Å². The number of para-hydroxylation sites is 1. The summed E-state index contributed by atoms with van der Waals surface area (Å²) in [6, 6.07) is 9.18. The van der Waals surface area contributed by atoms with E-state index in [2.05, 4.69) is 15.3 Å². The molecule has 1 aromatic carbocycles. The number of aromatic nitrogens is 6. The van der Waals surface area contributed by atoms with Crippen LogP contribution in [0.4, 0.5) is 5.95 Å². The van der Waals surface area contributed by atoms with E-state index in [1.54, 1.807) is 36.3 Å². The fraction of sp³-hybridized carbons (Fsp3) is 0.364. The molecule has 0 fully saturated rings. The molecule has 3 heterocycles. The molecule has 0 aliphatic carbocycles. The van der Waals surface area contributed by atoms with Gasteiger partial charge in [0.15, 0.2) is 11.2 Å². The molecule has 0 aliphatic rings. The molecule has 0 saturated heterocycles. The van der Waals surface area contributed by atoms with Crippen molar-refractivity contribution < 1.29 is 9.84 Å². The van der Waals surface area contributed by atoms with Gasteiger partial charge in [-0.1, -0.05) is 18.2 Å². The van der Waals surface area contributed by atoms with Crippen molar-refractivity contribution in [1.82, 2.24) is 28.2 Å². The number of fused-ring (bicyclic) bond motifs is 1. The zero-order valence-electron chi connectivity index (χ0n) is 18.6. The van der Waals surface area contributed by atoms with Crippen LogP contribution in [0, 0.1) is 0 Å². The van der Waals surface area contributed by atoms with Crippen molar-refractivity contribution in [1.29, 1.82) is 0 Å². The third-order valence-corrected chi connectivity index (χ3v) is 5.36. The molecule has 11 heteroatoms. The van der Waals surface area contributed by atoms with Crippen LogP contribution in [0.3, 0.4) is 0 Å². The summed E-state index contributed by atoms with van der Waals surface area (Å²) in [5.74, 6) is 1.05. The maximum absolute atomic E-state index is 12.9. The lowest BCUT2D eigenvalue weighted by molar-refractivity contribution is 0.0938. The molecular formula is C22H27N7O4. The summed E-state index contributed by atoms with van der Waals surface area (Å²) in [5.41, 5.74) is -0.424. The molecule has 0 unspecified atom stereocenters. The first kappa shape index (κ1) is 22.3. The van der Waals surface area contributed by atoms with Gasteiger partial charge in [-0.05, 0) is 18.6 Å². The predicted molar refractivity (Wildman–Crippen MR) is 123 cm³/mol. The molecule has 4 aromatic rings. The van der Waals surface area contributed by atoms with E-state index in [-0.39, 0.29) is 24.3 Å². The molecule has 0 aliphatic heterocycles. The van der Waals surface area contributed by atoms with Gasteiger partial charge in [-0.15, -0.1) is 0 Å². The number of nitrogens with zero attached hydrogens (tertiary/aromatic N) is 6. The first-order chi connectivity index (χ1) is 16.0. The third-order valence-electron chi connectivity index (χ3n) is 5.36. The highest BCUT2D eigenvalue weighted by Crippen LogP contribution is 2.17. The van der Waals surface area contributed by atoms with Gasteiger partial charge in [-0.25, -0.2) is 9.78 Å². The van der Waals surface area contributed by atoms with E-state index in [9.17, 15) is 14.7 Å². The summed E-state index contributed by atoms with van der Waals surface area (Å²) < 4.78 is 11.6. The van der Waals surface area contributed by atoms with Gasteiger partial charge < -0.3 is 24.3 Å². The van der Waals surface area contributed by atoms with Crippen LogP contribution in [0.15, 0.2) is 58.6 Å². The van der Waals surface area contributed by atoms with Crippen LogP contribution in [0.1, 0.15) is 6.42 Å². The van der Waals surface area contributed by atoms with Gasteiger partial charge in [0.1, 0.15) is 18.5 Å². The highest BCUT2D eigenvalue weighted by molar-refractivity contribution is 5.74. The van der Waals surface area contributed by atoms with E-state index in [0.717, 1.165) is 17.5 Å². The highest BCUT2D eigenvalue weighted by atomic mass is 16.5. The van der Waals surface area contributed by atoms with E-state index >= 15 is 0 Å². The summed E-state index contributed by atoms with van der Waals surface area (Å²) in [6.45, 7) is 1.45.